The van der Waals surface area contributed by atoms with Crippen molar-refractivity contribution in [3.8, 4) is 0 Å². The van der Waals surface area contributed by atoms with E-state index < -0.39 is 0 Å². The van der Waals surface area contributed by atoms with Crippen LogP contribution >= 0.6 is 11.6 Å². The molecule has 0 aromatic heterocycles. The van der Waals surface area contributed by atoms with Crippen LogP contribution in [0.1, 0.15) is 5.56 Å². The zero-order valence-electron chi connectivity index (χ0n) is 10.5. The third-order valence-electron chi connectivity index (χ3n) is 3.03. The van der Waals surface area contributed by atoms with Gasteiger partial charge in [0.2, 0.25) is 0 Å². The lowest BCUT2D eigenvalue weighted by molar-refractivity contribution is 0.402. The van der Waals surface area contributed by atoms with E-state index in [4.69, 9.17) is 11.6 Å². The summed E-state index contributed by atoms with van der Waals surface area (Å²) >= 11 is 6.32. The van der Waals surface area contributed by atoms with Crippen LogP contribution < -0.4 is 10.2 Å². The standard InChI is InChI=1S/C13H20ClN3/c1-16(2)10-11-12(14)4-3-5-13(11)17-8-6-15-7-9-17/h3-5,15H,6-10H2,1-2H3. The highest BCUT2D eigenvalue weighted by molar-refractivity contribution is 6.31. The topological polar surface area (TPSA) is 18.5 Å². The van der Waals surface area contributed by atoms with Crippen LogP contribution in [0.2, 0.25) is 5.02 Å². The third kappa shape index (κ3) is 3.12. The number of halogens is 1. The number of nitrogens with zero attached hydrogens (tertiary/aromatic N) is 2. The van der Waals surface area contributed by atoms with E-state index >= 15 is 0 Å². The summed E-state index contributed by atoms with van der Waals surface area (Å²) in [5.74, 6) is 0. The number of nitrogens with one attached hydrogen (secondary N) is 1. The number of rotatable bonds is 3. The van der Waals surface area contributed by atoms with Gasteiger partial charge >= 0.3 is 0 Å². The minimum Gasteiger partial charge on any atom is -0.369 e. The van der Waals surface area contributed by atoms with Crippen molar-refractivity contribution in [1.29, 1.82) is 0 Å². The molecule has 3 nitrogen and oxygen atoms in total. The second-order valence-electron chi connectivity index (χ2n) is 4.71. The molecule has 1 fully saturated rings. The fraction of sp³-hybridized carbons (Fsp3) is 0.538. The summed E-state index contributed by atoms with van der Waals surface area (Å²) in [5.41, 5.74) is 2.52. The molecule has 1 aromatic carbocycles. The Hall–Kier alpha value is -0.770. The van der Waals surface area contributed by atoms with Crippen LogP contribution in [0.4, 0.5) is 5.69 Å². The second kappa shape index (κ2) is 5.71. The second-order valence-corrected chi connectivity index (χ2v) is 5.12. The minimum absolute atomic E-state index is 0.870. The molecule has 0 saturated carbocycles. The van der Waals surface area contributed by atoms with Crippen LogP contribution in [0.25, 0.3) is 0 Å². The van der Waals surface area contributed by atoms with E-state index in [0.29, 0.717) is 0 Å². The van der Waals surface area contributed by atoms with Crippen molar-refractivity contribution in [1.82, 2.24) is 10.2 Å². The van der Waals surface area contributed by atoms with Gasteiger partial charge in [-0.25, -0.2) is 0 Å². The Morgan fingerprint density at radius 1 is 1.29 bits per heavy atom. The van der Waals surface area contributed by atoms with Crippen molar-refractivity contribution in [2.24, 2.45) is 0 Å². The van der Waals surface area contributed by atoms with Crippen molar-refractivity contribution in [2.75, 3.05) is 45.2 Å². The molecule has 4 heteroatoms. The van der Waals surface area contributed by atoms with Crippen LogP contribution in [0.3, 0.4) is 0 Å². The SMILES string of the molecule is CN(C)Cc1c(Cl)cccc1N1CCNCC1. The maximum absolute atomic E-state index is 6.32. The Kier molecular flexibility index (Phi) is 4.26. The predicted octanol–water partition coefficient (Wildman–Crippen LogP) is 1.81. The molecule has 1 N–H and O–H groups in total. The summed E-state index contributed by atoms with van der Waals surface area (Å²) in [7, 11) is 4.15. The van der Waals surface area contributed by atoms with Crippen LogP contribution in [-0.2, 0) is 6.54 Å². The molecular formula is C13H20ClN3. The van der Waals surface area contributed by atoms with Gasteiger partial charge in [0.05, 0.1) is 0 Å². The van der Waals surface area contributed by atoms with Crippen molar-refractivity contribution >= 4 is 17.3 Å². The average Bonchev–Trinajstić information content (AvgIpc) is 2.32. The number of piperazine rings is 1. The van der Waals surface area contributed by atoms with Crippen molar-refractivity contribution in [3.63, 3.8) is 0 Å². The highest BCUT2D eigenvalue weighted by Gasteiger charge is 2.16. The van der Waals surface area contributed by atoms with Crippen molar-refractivity contribution in [2.45, 2.75) is 6.54 Å². The molecule has 1 saturated heterocycles. The summed E-state index contributed by atoms with van der Waals surface area (Å²) in [6, 6.07) is 6.20. The minimum atomic E-state index is 0.870. The monoisotopic (exact) mass is 253 g/mol. The average molecular weight is 254 g/mol. The highest BCUT2D eigenvalue weighted by Crippen LogP contribution is 2.28. The quantitative estimate of drug-likeness (QED) is 0.887. The predicted molar refractivity (Wildman–Crippen MR) is 73.9 cm³/mol. The molecule has 1 heterocycles. The van der Waals surface area contributed by atoms with Gasteiger partial charge in [0.1, 0.15) is 0 Å². The van der Waals surface area contributed by atoms with E-state index in [1.165, 1.54) is 11.3 Å². The molecule has 17 heavy (non-hydrogen) atoms. The Balaban J connectivity index is 2.27. The van der Waals surface area contributed by atoms with Gasteiger partial charge in [-0.05, 0) is 26.2 Å². The zero-order valence-corrected chi connectivity index (χ0v) is 11.3. The molecule has 1 aliphatic heterocycles. The third-order valence-corrected chi connectivity index (χ3v) is 3.38. The summed E-state index contributed by atoms with van der Waals surface area (Å²) in [6.45, 7) is 5.10. The Morgan fingerprint density at radius 2 is 2.00 bits per heavy atom. The molecule has 0 atom stereocenters. The Morgan fingerprint density at radius 3 is 2.65 bits per heavy atom. The molecule has 0 radical (unpaired) electrons. The molecule has 0 spiro atoms. The Labute approximate surface area is 108 Å². The maximum Gasteiger partial charge on any atom is 0.0471 e. The lowest BCUT2D eigenvalue weighted by Gasteiger charge is -2.32. The first kappa shape index (κ1) is 12.7. The largest absolute Gasteiger partial charge is 0.369 e. The normalized spacial score (nSPS) is 16.6. The van der Waals surface area contributed by atoms with Crippen LogP contribution in [0.15, 0.2) is 18.2 Å². The summed E-state index contributed by atoms with van der Waals surface area (Å²) in [4.78, 5) is 4.58. The molecule has 1 aliphatic rings. The molecule has 0 bridgehead atoms. The van der Waals surface area contributed by atoms with Gasteiger partial charge in [0, 0.05) is 49.0 Å². The summed E-state index contributed by atoms with van der Waals surface area (Å²) in [5, 5.41) is 4.24. The molecular weight excluding hydrogens is 234 g/mol. The highest BCUT2D eigenvalue weighted by atomic mass is 35.5. The van der Waals surface area contributed by atoms with Crippen LogP contribution in [-0.4, -0.2) is 45.2 Å². The van der Waals surface area contributed by atoms with Gasteiger partial charge in [0.25, 0.3) is 0 Å². The number of anilines is 1. The molecule has 2 rings (SSSR count). The van der Waals surface area contributed by atoms with E-state index in [2.05, 4.69) is 35.3 Å². The number of hydrogen-bond acceptors (Lipinski definition) is 3. The van der Waals surface area contributed by atoms with Crippen molar-refractivity contribution < 1.29 is 0 Å². The van der Waals surface area contributed by atoms with Gasteiger partial charge in [-0.3, -0.25) is 0 Å². The number of benzene rings is 1. The molecule has 0 unspecified atom stereocenters. The van der Waals surface area contributed by atoms with E-state index in [-0.39, 0.29) is 0 Å². The van der Waals surface area contributed by atoms with Crippen LogP contribution in [0.5, 0.6) is 0 Å². The molecule has 94 valence electrons. The van der Waals surface area contributed by atoms with E-state index in [1.54, 1.807) is 0 Å². The fourth-order valence-electron chi connectivity index (χ4n) is 2.22. The molecule has 1 aromatic rings. The van der Waals surface area contributed by atoms with E-state index in [0.717, 1.165) is 37.7 Å². The lowest BCUT2D eigenvalue weighted by atomic mass is 10.1. The first-order valence-electron chi connectivity index (χ1n) is 6.06. The first-order chi connectivity index (χ1) is 8.18. The first-order valence-corrected chi connectivity index (χ1v) is 6.44. The Bertz CT molecular complexity index is 373. The summed E-state index contributed by atoms with van der Waals surface area (Å²) in [6.07, 6.45) is 0. The van der Waals surface area contributed by atoms with Crippen LogP contribution in [0, 0.1) is 0 Å². The van der Waals surface area contributed by atoms with E-state index in [1.807, 2.05) is 12.1 Å². The number of hydrogen-bond donors (Lipinski definition) is 1. The smallest absolute Gasteiger partial charge is 0.0471 e. The van der Waals surface area contributed by atoms with Gasteiger partial charge in [-0.1, -0.05) is 17.7 Å². The molecule has 0 aliphatic carbocycles. The van der Waals surface area contributed by atoms with Gasteiger partial charge < -0.3 is 15.1 Å². The molecule has 0 amide bonds. The fourth-order valence-corrected chi connectivity index (χ4v) is 2.45. The zero-order chi connectivity index (χ0) is 12.3. The van der Waals surface area contributed by atoms with E-state index in [9.17, 15) is 0 Å². The van der Waals surface area contributed by atoms with Gasteiger partial charge in [0.15, 0.2) is 0 Å². The van der Waals surface area contributed by atoms with Gasteiger partial charge in [-0.15, -0.1) is 0 Å². The van der Waals surface area contributed by atoms with Crippen molar-refractivity contribution in [3.05, 3.63) is 28.8 Å². The summed E-state index contributed by atoms with van der Waals surface area (Å²) < 4.78 is 0. The lowest BCUT2D eigenvalue weighted by Crippen LogP contribution is -2.44. The van der Waals surface area contributed by atoms with Gasteiger partial charge in [-0.2, -0.15) is 0 Å². The maximum atomic E-state index is 6.32.